The normalized spacial score (nSPS) is 12.3. The van der Waals surface area contributed by atoms with E-state index in [2.05, 4.69) is 40.5 Å². The van der Waals surface area contributed by atoms with Crippen molar-refractivity contribution in [3.63, 3.8) is 0 Å². The molecule has 0 spiro atoms. The number of thiol groups is 1. The van der Waals surface area contributed by atoms with Crippen LogP contribution in [0.5, 0.6) is 5.75 Å². The van der Waals surface area contributed by atoms with E-state index in [9.17, 15) is 14.7 Å². The van der Waals surface area contributed by atoms with Gasteiger partial charge in [0.15, 0.2) is 6.10 Å². The number of hydrogen-bond acceptors (Lipinski definition) is 8. The first-order chi connectivity index (χ1) is 14.9. The smallest absolute Gasteiger partial charge is 0.412 e. The van der Waals surface area contributed by atoms with E-state index in [1.165, 1.54) is 13.2 Å². The molecule has 2 atom stereocenters. The first-order valence-corrected chi connectivity index (χ1v) is 10.8. The van der Waals surface area contributed by atoms with Crippen LogP contribution in [0, 0.1) is 14.9 Å². The summed E-state index contributed by atoms with van der Waals surface area (Å²) >= 11 is 5.94. The third-order valence-electron chi connectivity index (χ3n) is 4.23. The molecule has 0 aliphatic carbocycles. The molecule has 2 N–H and O–H groups in total. The molecule has 0 saturated heterocycles. The van der Waals surface area contributed by atoms with Crippen molar-refractivity contribution in [1.29, 1.82) is 5.26 Å². The maximum Gasteiger partial charge on any atom is 0.412 e. The van der Waals surface area contributed by atoms with Crippen LogP contribution in [0.15, 0.2) is 42.5 Å². The third-order valence-corrected chi connectivity index (χ3v) is 5.15. The molecule has 2 rings (SSSR count). The van der Waals surface area contributed by atoms with Gasteiger partial charge < -0.3 is 19.3 Å². The quantitative estimate of drug-likeness (QED) is 0.243. The Labute approximate surface area is 199 Å². The van der Waals surface area contributed by atoms with Crippen LogP contribution in [0.2, 0.25) is 0 Å². The molecule has 0 aliphatic rings. The first kappa shape index (κ1) is 24.8. The lowest BCUT2D eigenvalue weighted by atomic mass is 10.0. The van der Waals surface area contributed by atoms with Crippen molar-refractivity contribution in [3.8, 4) is 11.8 Å². The van der Waals surface area contributed by atoms with Gasteiger partial charge in [-0.05, 0) is 65.1 Å². The number of rotatable bonds is 9. The molecular weight excluding hydrogens is 535 g/mol. The maximum atomic E-state index is 12.6. The van der Waals surface area contributed by atoms with Crippen molar-refractivity contribution in [1.82, 2.24) is 0 Å². The molecule has 0 fully saturated rings. The Morgan fingerprint density at radius 1 is 1.26 bits per heavy atom. The highest BCUT2D eigenvalue weighted by molar-refractivity contribution is 14.1. The van der Waals surface area contributed by atoms with E-state index in [0.717, 1.165) is 3.57 Å². The van der Waals surface area contributed by atoms with Gasteiger partial charge in [0.1, 0.15) is 11.9 Å². The number of amides is 1. The van der Waals surface area contributed by atoms with Crippen molar-refractivity contribution in [3.05, 3.63) is 57.2 Å². The van der Waals surface area contributed by atoms with E-state index in [-0.39, 0.29) is 24.5 Å². The third kappa shape index (κ3) is 7.61. The standard InChI is InChI=1S/C21H21IN2O6S/c1-28-18(8-9-29-19(26)12-31)20(16-10-14(22)4-7-17(16)25)30-21(27)24-15-5-2-13(11-23)3-6-15/h2-7,10,18,20,25,31H,8-9,12H2,1H3,(H,24,27)/t18-,20-/m0/s1. The fourth-order valence-electron chi connectivity index (χ4n) is 2.71. The lowest BCUT2D eigenvalue weighted by Crippen LogP contribution is -2.29. The monoisotopic (exact) mass is 556 g/mol. The Balaban J connectivity index is 2.21. The maximum absolute atomic E-state index is 12.6. The summed E-state index contributed by atoms with van der Waals surface area (Å²) in [5.74, 6) is -0.597. The lowest BCUT2D eigenvalue weighted by Gasteiger charge is -2.27. The number of carbonyl (C=O) groups excluding carboxylic acids is 2. The van der Waals surface area contributed by atoms with E-state index in [1.807, 2.05) is 6.07 Å². The lowest BCUT2D eigenvalue weighted by molar-refractivity contribution is -0.141. The fourth-order valence-corrected chi connectivity index (χ4v) is 3.32. The molecule has 0 aromatic heterocycles. The molecule has 2 aromatic rings. The Hall–Kier alpha value is -2.49. The van der Waals surface area contributed by atoms with Gasteiger partial charge in [0.05, 0.1) is 24.0 Å². The number of aromatic hydroxyl groups is 1. The second-order valence-electron chi connectivity index (χ2n) is 6.28. The second-order valence-corrected chi connectivity index (χ2v) is 7.85. The summed E-state index contributed by atoms with van der Waals surface area (Å²) in [6.45, 7) is 0.0275. The topological polar surface area (TPSA) is 118 Å². The van der Waals surface area contributed by atoms with Crippen LogP contribution in [0.1, 0.15) is 23.7 Å². The molecular formula is C21H21IN2O6S. The van der Waals surface area contributed by atoms with E-state index < -0.39 is 24.3 Å². The summed E-state index contributed by atoms with van der Waals surface area (Å²) in [7, 11) is 1.44. The predicted octanol–water partition coefficient (Wildman–Crippen LogP) is 4.04. The summed E-state index contributed by atoms with van der Waals surface area (Å²) in [5, 5.41) is 21.8. The Kier molecular flexibility index (Phi) is 9.90. The average Bonchev–Trinajstić information content (AvgIpc) is 2.77. The number of halogens is 1. The van der Waals surface area contributed by atoms with Crippen molar-refractivity contribution in [2.24, 2.45) is 0 Å². The molecule has 0 radical (unpaired) electrons. The number of nitrogens with one attached hydrogen (secondary N) is 1. The van der Waals surface area contributed by atoms with Gasteiger partial charge in [0.2, 0.25) is 0 Å². The van der Waals surface area contributed by atoms with E-state index in [1.54, 1.807) is 36.4 Å². The van der Waals surface area contributed by atoms with Gasteiger partial charge in [-0.25, -0.2) is 4.79 Å². The molecule has 0 saturated carbocycles. The number of phenols is 1. The van der Waals surface area contributed by atoms with Crippen LogP contribution in [0.4, 0.5) is 10.5 Å². The summed E-state index contributed by atoms with van der Waals surface area (Å²) in [5.41, 5.74) is 1.25. The highest BCUT2D eigenvalue weighted by Gasteiger charge is 2.30. The minimum absolute atomic E-state index is 0.0275. The highest BCUT2D eigenvalue weighted by Crippen LogP contribution is 2.33. The van der Waals surface area contributed by atoms with Gasteiger partial charge in [-0.2, -0.15) is 17.9 Å². The number of phenolic OH excluding ortho intramolecular Hbond substituents is 1. The first-order valence-electron chi connectivity index (χ1n) is 9.13. The minimum atomic E-state index is -0.979. The summed E-state index contributed by atoms with van der Waals surface area (Å²) < 4.78 is 17.0. The van der Waals surface area contributed by atoms with Gasteiger partial charge in [-0.15, -0.1) is 0 Å². The highest BCUT2D eigenvalue weighted by atomic mass is 127. The number of carbonyl (C=O) groups is 2. The Morgan fingerprint density at radius 2 is 1.97 bits per heavy atom. The van der Waals surface area contributed by atoms with Crippen LogP contribution in [-0.4, -0.2) is 42.7 Å². The summed E-state index contributed by atoms with van der Waals surface area (Å²) in [4.78, 5) is 23.9. The number of methoxy groups -OCH3 is 1. The number of nitriles is 1. The van der Waals surface area contributed by atoms with Crippen molar-refractivity contribution in [2.45, 2.75) is 18.6 Å². The summed E-state index contributed by atoms with van der Waals surface area (Å²) in [6.07, 6.45) is -2.24. The molecule has 1 amide bonds. The van der Waals surface area contributed by atoms with Crippen molar-refractivity contribution < 1.29 is 28.9 Å². The molecule has 10 heteroatoms. The van der Waals surface area contributed by atoms with Crippen LogP contribution < -0.4 is 5.32 Å². The molecule has 0 unspecified atom stereocenters. The van der Waals surface area contributed by atoms with Crippen LogP contribution in [0.25, 0.3) is 0 Å². The molecule has 0 aliphatic heterocycles. The van der Waals surface area contributed by atoms with Gasteiger partial charge in [0, 0.05) is 28.4 Å². The van der Waals surface area contributed by atoms with Crippen molar-refractivity contribution in [2.75, 3.05) is 24.8 Å². The van der Waals surface area contributed by atoms with Gasteiger partial charge in [0.25, 0.3) is 0 Å². The molecule has 0 heterocycles. The SMILES string of the molecule is CO[C@@H](CCOC(=O)CS)[C@@H](OC(=O)Nc1ccc(C#N)cc1)c1cc(I)ccc1O. The van der Waals surface area contributed by atoms with E-state index >= 15 is 0 Å². The fraction of sp³-hybridized carbons (Fsp3) is 0.286. The zero-order valence-electron chi connectivity index (χ0n) is 16.6. The average molecular weight is 556 g/mol. The molecule has 8 nitrogen and oxygen atoms in total. The number of hydrogen-bond donors (Lipinski definition) is 3. The number of benzene rings is 2. The Bertz CT molecular complexity index is 948. The Morgan fingerprint density at radius 3 is 2.58 bits per heavy atom. The number of nitrogens with zero attached hydrogens (tertiary/aromatic N) is 1. The van der Waals surface area contributed by atoms with Gasteiger partial charge in [-0.1, -0.05) is 0 Å². The second kappa shape index (κ2) is 12.4. The molecule has 164 valence electrons. The van der Waals surface area contributed by atoms with E-state index in [4.69, 9.17) is 19.5 Å². The van der Waals surface area contributed by atoms with E-state index in [0.29, 0.717) is 16.8 Å². The largest absolute Gasteiger partial charge is 0.508 e. The molecule has 0 bridgehead atoms. The molecule has 31 heavy (non-hydrogen) atoms. The van der Waals surface area contributed by atoms with Crippen molar-refractivity contribution >= 4 is 53.0 Å². The summed E-state index contributed by atoms with van der Waals surface area (Å²) in [6, 6.07) is 13.2. The van der Waals surface area contributed by atoms with Crippen LogP contribution in [0.3, 0.4) is 0 Å². The predicted molar refractivity (Wildman–Crippen MR) is 125 cm³/mol. The van der Waals surface area contributed by atoms with Crippen LogP contribution in [-0.2, 0) is 19.0 Å². The zero-order chi connectivity index (χ0) is 22.8. The van der Waals surface area contributed by atoms with Crippen LogP contribution >= 0.6 is 35.2 Å². The van der Waals surface area contributed by atoms with Gasteiger partial charge in [-0.3, -0.25) is 10.1 Å². The number of esters is 1. The number of anilines is 1. The minimum Gasteiger partial charge on any atom is -0.508 e. The number of ether oxygens (including phenoxy) is 3. The van der Waals surface area contributed by atoms with Gasteiger partial charge >= 0.3 is 12.1 Å². The molecule has 2 aromatic carbocycles. The zero-order valence-corrected chi connectivity index (χ0v) is 19.6.